The summed E-state index contributed by atoms with van der Waals surface area (Å²) in [6.45, 7) is 1.70. The van der Waals surface area contributed by atoms with Gasteiger partial charge in [0.15, 0.2) is 6.10 Å². The van der Waals surface area contributed by atoms with Gasteiger partial charge in [-0.2, -0.15) is 5.10 Å². The van der Waals surface area contributed by atoms with Gasteiger partial charge in [0.25, 0.3) is 11.8 Å². The highest BCUT2D eigenvalue weighted by molar-refractivity contribution is 6.07. The van der Waals surface area contributed by atoms with Crippen LogP contribution in [-0.2, 0) is 4.79 Å². The highest BCUT2D eigenvalue weighted by atomic mass is 16.5. The van der Waals surface area contributed by atoms with Crippen LogP contribution >= 0.6 is 0 Å². The Morgan fingerprint density at radius 3 is 2.96 bits per heavy atom. The molecule has 0 saturated heterocycles. The number of amides is 2. The van der Waals surface area contributed by atoms with Gasteiger partial charge < -0.3 is 15.0 Å². The number of H-pyrrole nitrogens is 1. The molecule has 126 valence electrons. The van der Waals surface area contributed by atoms with E-state index in [1.807, 2.05) is 18.2 Å². The summed E-state index contributed by atoms with van der Waals surface area (Å²) < 4.78 is 5.57. The highest BCUT2D eigenvalue weighted by Crippen LogP contribution is 2.34. The van der Waals surface area contributed by atoms with Crippen molar-refractivity contribution >= 4 is 34.1 Å². The number of nitrogens with one attached hydrogen (secondary N) is 2. The Hall–Kier alpha value is -3.35. The summed E-state index contributed by atoms with van der Waals surface area (Å²) in [4.78, 5) is 26.1. The first kappa shape index (κ1) is 15.2. The van der Waals surface area contributed by atoms with Crippen LogP contribution in [0, 0.1) is 0 Å². The third-order valence-corrected chi connectivity index (χ3v) is 4.26. The smallest absolute Gasteiger partial charge is 0.267 e. The van der Waals surface area contributed by atoms with Crippen molar-refractivity contribution in [2.24, 2.45) is 0 Å². The fraction of sp³-hybridized carbons (Fsp3) is 0.167. The number of carbonyl (C=O) groups is 2. The summed E-state index contributed by atoms with van der Waals surface area (Å²) >= 11 is 0. The van der Waals surface area contributed by atoms with Crippen molar-refractivity contribution in [2.75, 3.05) is 17.3 Å². The molecule has 7 heteroatoms. The summed E-state index contributed by atoms with van der Waals surface area (Å²) in [5.74, 6) is 0.181. The fourth-order valence-corrected chi connectivity index (χ4v) is 2.87. The third kappa shape index (κ3) is 2.59. The number of carbonyl (C=O) groups excluding carboxylic acids is 2. The van der Waals surface area contributed by atoms with Crippen molar-refractivity contribution in [1.82, 2.24) is 10.2 Å². The first-order valence-electron chi connectivity index (χ1n) is 7.86. The van der Waals surface area contributed by atoms with Crippen LogP contribution in [0.3, 0.4) is 0 Å². The molecule has 2 N–H and O–H groups in total. The lowest BCUT2D eigenvalue weighted by Gasteiger charge is -2.30. The topological polar surface area (TPSA) is 87.3 Å². The Morgan fingerprint density at radius 1 is 1.28 bits per heavy atom. The van der Waals surface area contributed by atoms with Gasteiger partial charge in [0.1, 0.15) is 5.75 Å². The SMILES string of the molecule is CC1Oc2ccc(C(=O)Nc3ccc4cn[nH]c4c3)cc2N(C)C1=O. The summed E-state index contributed by atoms with van der Waals surface area (Å²) in [7, 11) is 1.67. The van der Waals surface area contributed by atoms with E-state index in [-0.39, 0.29) is 11.8 Å². The van der Waals surface area contributed by atoms with E-state index in [1.165, 1.54) is 4.90 Å². The van der Waals surface area contributed by atoms with Crippen LogP contribution in [0.2, 0.25) is 0 Å². The Labute approximate surface area is 143 Å². The quantitative estimate of drug-likeness (QED) is 0.753. The van der Waals surface area contributed by atoms with E-state index in [0.29, 0.717) is 22.7 Å². The van der Waals surface area contributed by atoms with Crippen molar-refractivity contribution < 1.29 is 14.3 Å². The molecule has 2 amide bonds. The van der Waals surface area contributed by atoms with Crippen LogP contribution in [0.25, 0.3) is 10.9 Å². The average molecular weight is 336 g/mol. The van der Waals surface area contributed by atoms with Crippen LogP contribution in [0.4, 0.5) is 11.4 Å². The summed E-state index contributed by atoms with van der Waals surface area (Å²) in [6.07, 6.45) is 1.19. The molecule has 2 aromatic carbocycles. The van der Waals surface area contributed by atoms with E-state index < -0.39 is 6.10 Å². The molecule has 1 atom stereocenters. The van der Waals surface area contributed by atoms with Crippen molar-refractivity contribution in [1.29, 1.82) is 0 Å². The van der Waals surface area contributed by atoms with Crippen molar-refractivity contribution in [3.8, 4) is 5.75 Å². The minimum atomic E-state index is -0.529. The van der Waals surface area contributed by atoms with Crippen LogP contribution < -0.4 is 15.0 Å². The van der Waals surface area contributed by atoms with Crippen LogP contribution in [0.1, 0.15) is 17.3 Å². The van der Waals surface area contributed by atoms with Crippen molar-refractivity contribution in [2.45, 2.75) is 13.0 Å². The minimum Gasteiger partial charge on any atom is -0.479 e. The molecule has 4 rings (SSSR count). The van der Waals surface area contributed by atoms with Gasteiger partial charge >= 0.3 is 0 Å². The van der Waals surface area contributed by atoms with Gasteiger partial charge in [-0.05, 0) is 43.3 Å². The van der Waals surface area contributed by atoms with Gasteiger partial charge in [-0.3, -0.25) is 14.7 Å². The zero-order valence-corrected chi connectivity index (χ0v) is 13.7. The van der Waals surface area contributed by atoms with Gasteiger partial charge in [-0.25, -0.2) is 0 Å². The number of ether oxygens (including phenoxy) is 1. The van der Waals surface area contributed by atoms with E-state index >= 15 is 0 Å². The molecule has 25 heavy (non-hydrogen) atoms. The number of anilines is 2. The number of likely N-dealkylation sites (N-methyl/N-ethyl adjacent to an activating group) is 1. The highest BCUT2D eigenvalue weighted by Gasteiger charge is 2.29. The van der Waals surface area contributed by atoms with Gasteiger partial charge in [-0.1, -0.05) is 0 Å². The number of fused-ring (bicyclic) bond motifs is 2. The van der Waals surface area contributed by atoms with Crippen LogP contribution in [0.5, 0.6) is 5.75 Å². The molecule has 0 fully saturated rings. The van der Waals surface area contributed by atoms with E-state index in [9.17, 15) is 9.59 Å². The minimum absolute atomic E-state index is 0.144. The maximum absolute atomic E-state index is 12.5. The lowest BCUT2D eigenvalue weighted by atomic mass is 10.1. The van der Waals surface area contributed by atoms with E-state index in [4.69, 9.17) is 4.74 Å². The summed E-state index contributed by atoms with van der Waals surface area (Å²) in [5, 5.41) is 10.6. The molecule has 3 aromatic rings. The number of nitrogens with zero attached hydrogens (tertiary/aromatic N) is 2. The average Bonchev–Trinajstić information content (AvgIpc) is 3.07. The van der Waals surface area contributed by atoms with Gasteiger partial charge in [0.05, 0.1) is 17.4 Å². The number of benzene rings is 2. The molecule has 0 saturated carbocycles. The van der Waals surface area contributed by atoms with E-state index in [2.05, 4.69) is 15.5 Å². The number of hydrogen-bond donors (Lipinski definition) is 2. The molecule has 1 aliphatic heterocycles. The predicted molar refractivity (Wildman–Crippen MR) is 94.0 cm³/mol. The van der Waals surface area contributed by atoms with Gasteiger partial charge in [0.2, 0.25) is 0 Å². The van der Waals surface area contributed by atoms with E-state index in [1.54, 1.807) is 38.4 Å². The third-order valence-electron chi connectivity index (χ3n) is 4.26. The van der Waals surface area contributed by atoms with Gasteiger partial charge in [-0.15, -0.1) is 0 Å². The van der Waals surface area contributed by atoms with Crippen LogP contribution in [0.15, 0.2) is 42.6 Å². The lowest BCUT2D eigenvalue weighted by molar-refractivity contribution is -0.125. The van der Waals surface area contributed by atoms with Crippen molar-refractivity contribution in [3.05, 3.63) is 48.2 Å². The maximum Gasteiger partial charge on any atom is 0.267 e. The lowest BCUT2D eigenvalue weighted by Crippen LogP contribution is -2.42. The van der Waals surface area contributed by atoms with Crippen molar-refractivity contribution in [3.63, 3.8) is 0 Å². The first-order chi connectivity index (χ1) is 12.0. The molecule has 7 nitrogen and oxygen atoms in total. The largest absolute Gasteiger partial charge is 0.479 e. The molecular formula is C18H16N4O3. The first-order valence-corrected chi connectivity index (χ1v) is 7.86. The van der Waals surface area contributed by atoms with Gasteiger partial charge in [0, 0.05) is 23.7 Å². The second kappa shape index (κ2) is 5.62. The molecule has 1 unspecified atom stereocenters. The Morgan fingerprint density at radius 2 is 2.12 bits per heavy atom. The molecule has 1 aromatic heterocycles. The molecule has 1 aliphatic rings. The summed E-state index contributed by atoms with van der Waals surface area (Å²) in [5.41, 5.74) is 2.53. The number of aromatic amines is 1. The molecule has 2 heterocycles. The number of hydrogen-bond acceptors (Lipinski definition) is 4. The molecule has 0 aliphatic carbocycles. The predicted octanol–water partition coefficient (Wildman–Crippen LogP) is 2.56. The zero-order valence-electron chi connectivity index (χ0n) is 13.7. The zero-order chi connectivity index (χ0) is 17.6. The molecule has 0 radical (unpaired) electrons. The Bertz CT molecular complexity index is 995. The number of rotatable bonds is 2. The second-order valence-corrected chi connectivity index (χ2v) is 5.97. The fourth-order valence-electron chi connectivity index (χ4n) is 2.87. The monoisotopic (exact) mass is 336 g/mol. The Kier molecular flexibility index (Phi) is 3.42. The molecular weight excluding hydrogens is 320 g/mol. The Balaban J connectivity index is 1.61. The maximum atomic E-state index is 12.5. The summed E-state index contributed by atoms with van der Waals surface area (Å²) in [6, 6.07) is 10.6. The normalized spacial score (nSPS) is 16.5. The number of aromatic nitrogens is 2. The standard InChI is InChI=1S/C18H16N4O3/c1-10-18(24)22(2)15-7-11(4-6-16(15)25-10)17(23)20-13-5-3-12-9-19-21-14(12)8-13/h3-10H,1-2H3,(H,19,21)(H,20,23). The molecule has 0 spiro atoms. The van der Waals surface area contributed by atoms with E-state index in [0.717, 1.165) is 10.9 Å². The second-order valence-electron chi connectivity index (χ2n) is 5.97. The molecule has 0 bridgehead atoms. The van der Waals surface area contributed by atoms with Crippen LogP contribution in [-0.4, -0.2) is 35.2 Å².